The van der Waals surface area contributed by atoms with Crippen LogP contribution in [0.4, 0.5) is 0 Å². The molecule has 94 valence electrons. The van der Waals surface area contributed by atoms with Crippen LogP contribution in [0.2, 0.25) is 4.34 Å². The topological polar surface area (TPSA) is 20.3 Å². The van der Waals surface area contributed by atoms with E-state index < -0.39 is 0 Å². The van der Waals surface area contributed by atoms with E-state index in [9.17, 15) is 4.79 Å². The van der Waals surface area contributed by atoms with Gasteiger partial charge in [-0.2, -0.15) is 0 Å². The van der Waals surface area contributed by atoms with Gasteiger partial charge in [-0.1, -0.05) is 31.4 Å². The monoisotopic (exact) mass is 271 g/mol. The smallest absolute Gasteiger partial charge is 0.263 e. The standard InChI is InChI=1S/C13H18ClNOS/c1-9-5-3-4-6-10(9)15(2)13(16)11-7-8-12(14)17-11/h7-10H,3-6H2,1-2H3. The number of amides is 1. The van der Waals surface area contributed by atoms with Crippen LogP contribution in [0.5, 0.6) is 0 Å². The first kappa shape index (κ1) is 12.9. The highest BCUT2D eigenvalue weighted by molar-refractivity contribution is 7.17. The van der Waals surface area contributed by atoms with Crippen LogP contribution in [-0.4, -0.2) is 23.9 Å². The number of carbonyl (C=O) groups excluding carboxylic acids is 1. The minimum atomic E-state index is 0.112. The number of hydrogen-bond acceptors (Lipinski definition) is 2. The Labute approximate surface area is 112 Å². The molecule has 1 saturated carbocycles. The second kappa shape index (κ2) is 5.40. The highest BCUT2D eigenvalue weighted by Gasteiger charge is 2.28. The summed E-state index contributed by atoms with van der Waals surface area (Å²) >= 11 is 7.24. The molecule has 1 fully saturated rings. The van der Waals surface area contributed by atoms with E-state index in [4.69, 9.17) is 11.6 Å². The molecular formula is C13H18ClNOS. The van der Waals surface area contributed by atoms with Gasteiger partial charge in [0, 0.05) is 13.1 Å². The van der Waals surface area contributed by atoms with E-state index in [1.165, 1.54) is 30.6 Å². The summed E-state index contributed by atoms with van der Waals surface area (Å²) in [6, 6.07) is 3.99. The highest BCUT2D eigenvalue weighted by atomic mass is 35.5. The van der Waals surface area contributed by atoms with Crippen molar-refractivity contribution < 1.29 is 4.79 Å². The molecule has 0 radical (unpaired) electrons. The van der Waals surface area contributed by atoms with Gasteiger partial charge >= 0.3 is 0 Å². The van der Waals surface area contributed by atoms with Gasteiger partial charge in [0.1, 0.15) is 0 Å². The summed E-state index contributed by atoms with van der Waals surface area (Å²) in [6.45, 7) is 2.25. The molecule has 1 aromatic rings. The molecule has 0 bridgehead atoms. The Morgan fingerprint density at radius 1 is 1.41 bits per heavy atom. The SMILES string of the molecule is CC1CCCCC1N(C)C(=O)c1ccc(Cl)s1. The third-order valence-corrected chi connectivity index (χ3v) is 4.89. The molecule has 0 saturated heterocycles. The van der Waals surface area contributed by atoms with E-state index >= 15 is 0 Å². The first-order valence-corrected chi connectivity index (χ1v) is 7.31. The van der Waals surface area contributed by atoms with E-state index in [0.29, 0.717) is 16.3 Å². The third kappa shape index (κ3) is 2.83. The van der Waals surface area contributed by atoms with Crippen LogP contribution in [0.25, 0.3) is 0 Å². The number of rotatable bonds is 2. The number of thiophene rings is 1. The molecule has 1 amide bonds. The van der Waals surface area contributed by atoms with Crippen molar-refractivity contribution in [1.29, 1.82) is 0 Å². The van der Waals surface area contributed by atoms with Crippen molar-refractivity contribution in [1.82, 2.24) is 4.90 Å². The van der Waals surface area contributed by atoms with Crippen molar-refractivity contribution in [2.75, 3.05) is 7.05 Å². The normalized spacial score (nSPS) is 24.6. The Morgan fingerprint density at radius 3 is 2.71 bits per heavy atom. The highest BCUT2D eigenvalue weighted by Crippen LogP contribution is 2.29. The van der Waals surface area contributed by atoms with Crippen molar-refractivity contribution in [3.05, 3.63) is 21.3 Å². The van der Waals surface area contributed by atoms with Gasteiger partial charge in [0.25, 0.3) is 5.91 Å². The summed E-state index contributed by atoms with van der Waals surface area (Å²) in [4.78, 5) is 14.9. The molecule has 0 aromatic carbocycles. The predicted octanol–water partition coefficient (Wildman–Crippen LogP) is 4.05. The average molecular weight is 272 g/mol. The molecule has 0 aliphatic heterocycles. The van der Waals surface area contributed by atoms with E-state index in [0.717, 1.165) is 11.3 Å². The fourth-order valence-corrected chi connectivity index (χ4v) is 3.65. The summed E-state index contributed by atoms with van der Waals surface area (Å²) < 4.78 is 0.679. The molecule has 2 nitrogen and oxygen atoms in total. The van der Waals surface area contributed by atoms with Gasteiger partial charge in [0.15, 0.2) is 0 Å². The van der Waals surface area contributed by atoms with Gasteiger partial charge in [-0.05, 0) is 30.9 Å². The fraction of sp³-hybridized carbons (Fsp3) is 0.615. The van der Waals surface area contributed by atoms with Crippen LogP contribution in [0, 0.1) is 5.92 Å². The molecule has 2 rings (SSSR count). The van der Waals surface area contributed by atoms with Gasteiger partial charge in [0.05, 0.1) is 9.21 Å². The molecule has 0 N–H and O–H groups in total. The molecule has 2 atom stereocenters. The lowest BCUT2D eigenvalue weighted by atomic mass is 9.85. The lowest BCUT2D eigenvalue weighted by Gasteiger charge is -2.36. The lowest BCUT2D eigenvalue weighted by Crippen LogP contribution is -2.42. The van der Waals surface area contributed by atoms with E-state index in [1.54, 1.807) is 6.07 Å². The summed E-state index contributed by atoms with van der Waals surface area (Å²) in [6.07, 6.45) is 4.89. The van der Waals surface area contributed by atoms with Crippen LogP contribution in [0.1, 0.15) is 42.3 Å². The molecule has 0 spiro atoms. The van der Waals surface area contributed by atoms with E-state index in [2.05, 4.69) is 6.92 Å². The number of nitrogens with zero attached hydrogens (tertiary/aromatic N) is 1. The maximum Gasteiger partial charge on any atom is 0.263 e. The molecule has 4 heteroatoms. The van der Waals surface area contributed by atoms with Gasteiger partial charge in [-0.3, -0.25) is 4.79 Å². The van der Waals surface area contributed by atoms with Crippen molar-refractivity contribution in [2.45, 2.75) is 38.6 Å². The van der Waals surface area contributed by atoms with Crippen molar-refractivity contribution in [3.8, 4) is 0 Å². The van der Waals surface area contributed by atoms with Crippen molar-refractivity contribution in [3.63, 3.8) is 0 Å². The molecule has 2 unspecified atom stereocenters. The van der Waals surface area contributed by atoms with Crippen LogP contribution >= 0.6 is 22.9 Å². The second-order valence-electron chi connectivity index (χ2n) is 4.85. The summed E-state index contributed by atoms with van der Waals surface area (Å²) in [7, 11) is 1.92. The zero-order valence-corrected chi connectivity index (χ0v) is 11.9. The van der Waals surface area contributed by atoms with Gasteiger partial charge in [-0.15, -0.1) is 11.3 Å². The van der Waals surface area contributed by atoms with E-state index in [1.807, 2.05) is 18.0 Å². The second-order valence-corrected chi connectivity index (χ2v) is 6.56. The molecule has 1 heterocycles. The van der Waals surface area contributed by atoms with E-state index in [-0.39, 0.29) is 5.91 Å². The Hall–Kier alpha value is -0.540. The molecule has 17 heavy (non-hydrogen) atoms. The third-order valence-electron chi connectivity index (χ3n) is 3.67. The van der Waals surface area contributed by atoms with Gasteiger partial charge in [0.2, 0.25) is 0 Å². The predicted molar refractivity (Wildman–Crippen MR) is 72.8 cm³/mol. The molecule has 1 aromatic heterocycles. The number of carbonyl (C=O) groups is 1. The zero-order chi connectivity index (χ0) is 12.4. The average Bonchev–Trinajstić information content (AvgIpc) is 2.75. The quantitative estimate of drug-likeness (QED) is 0.795. The zero-order valence-electron chi connectivity index (χ0n) is 10.3. The number of hydrogen-bond donors (Lipinski definition) is 0. The lowest BCUT2D eigenvalue weighted by molar-refractivity contribution is 0.0634. The van der Waals surface area contributed by atoms with Crippen molar-refractivity contribution >= 4 is 28.8 Å². The Morgan fingerprint density at radius 2 is 2.12 bits per heavy atom. The summed E-state index contributed by atoms with van der Waals surface area (Å²) in [5, 5.41) is 0. The first-order valence-electron chi connectivity index (χ1n) is 6.12. The first-order chi connectivity index (χ1) is 8.09. The molecular weight excluding hydrogens is 254 g/mol. The van der Waals surface area contributed by atoms with Crippen LogP contribution in [0.15, 0.2) is 12.1 Å². The Balaban J connectivity index is 2.08. The molecule has 1 aliphatic carbocycles. The maximum atomic E-state index is 12.3. The van der Waals surface area contributed by atoms with Crippen molar-refractivity contribution in [2.24, 2.45) is 5.92 Å². The number of halogens is 1. The van der Waals surface area contributed by atoms with Crippen LogP contribution in [0.3, 0.4) is 0 Å². The fourth-order valence-electron chi connectivity index (χ4n) is 2.63. The largest absolute Gasteiger partial charge is 0.338 e. The van der Waals surface area contributed by atoms with Gasteiger partial charge < -0.3 is 4.90 Å². The van der Waals surface area contributed by atoms with Gasteiger partial charge in [-0.25, -0.2) is 0 Å². The van der Waals surface area contributed by atoms with Crippen LogP contribution < -0.4 is 0 Å². The maximum absolute atomic E-state index is 12.3. The van der Waals surface area contributed by atoms with Crippen LogP contribution in [-0.2, 0) is 0 Å². The minimum Gasteiger partial charge on any atom is -0.338 e. The molecule has 1 aliphatic rings. The Kier molecular flexibility index (Phi) is 4.10. The summed E-state index contributed by atoms with van der Waals surface area (Å²) in [5.41, 5.74) is 0. The Bertz CT molecular complexity index is 404. The minimum absolute atomic E-state index is 0.112. The summed E-state index contributed by atoms with van der Waals surface area (Å²) in [5.74, 6) is 0.716.